The van der Waals surface area contributed by atoms with Gasteiger partial charge in [-0.2, -0.15) is 0 Å². The second kappa shape index (κ2) is 12.0. The lowest BCUT2D eigenvalue weighted by molar-refractivity contribution is 0.150. The minimum Gasteiger partial charge on any atom is -0.494 e. The molecule has 1 aliphatic rings. The number of rotatable bonds is 10. The second-order valence-corrected chi connectivity index (χ2v) is 8.64. The van der Waals surface area contributed by atoms with Gasteiger partial charge in [0.1, 0.15) is 6.61 Å². The van der Waals surface area contributed by atoms with Gasteiger partial charge in [0.2, 0.25) is 5.95 Å². The van der Waals surface area contributed by atoms with Gasteiger partial charge in [0.15, 0.2) is 28.9 Å². The molecule has 198 valence electrons. The molecular weight excluding hydrogens is 486 g/mol. The van der Waals surface area contributed by atoms with Gasteiger partial charge in [-0.1, -0.05) is 0 Å². The van der Waals surface area contributed by atoms with Crippen molar-refractivity contribution in [3.8, 4) is 17.2 Å². The molecule has 1 saturated heterocycles. The fraction of sp³-hybridized carbons (Fsp3) is 0.400. The first-order chi connectivity index (χ1) is 17.9. The van der Waals surface area contributed by atoms with Crippen LogP contribution in [0.25, 0.3) is 0 Å². The van der Waals surface area contributed by atoms with Crippen LogP contribution in [0.2, 0.25) is 0 Å². The van der Waals surface area contributed by atoms with Gasteiger partial charge < -0.3 is 29.0 Å². The van der Waals surface area contributed by atoms with Gasteiger partial charge in [0.25, 0.3) is 5.56 Å². The van der Waals surface area contributed by atoms with E-state index in [0.29, 0.717) is 12.2 Å². The minimum atomic E-state index is -0.872. The first-order valence-corrected chi connectivity index (χ1v) is 11.8. The number of nitrogens with one attached hydrogen (secondary N) is 1. The molecule has 0 unspecified atom stereocenters. The normalized spacial score (nSPS) is 14.4. The summed E-state index contributed by atoms with van der Waals surface area (Å²) in [5.74, 6) is -1.57. The number of halogens is 2. The van der Waals surface area contributed by atoms with Crippen LogP contribution in [0.5, 0.6) is 17.2 Å². The second-order valence-electron chi connectivity index (χ2n) is 8.64. The molecule has 3 aromatic rings. The average Bonchev–Trinajstić information content (AvgIpc) is 2.91. The van der Waals surface area contributed by atoms with Crippen molar-refractivity contribution < 1.29 is 23.0 Å². The van der Waals surface area contributed by atoms with E-state index in [1.807, 2.05) is 0 Å². The standard InChI is InChI=1S/C25H30F2N6O4/c1-31-6-8-32(9-7-31)10-11-33-15-17(4-5-22(33)34)30-25-28-13-18(14-29-25)37-16-19-23(26)20(35-2)12-21(36-3)24(19)27/h4-5,12-15H,6-11,16H2,1-3H3,(H,28,29,30). The zero-order chi connectivity index (χ0) is 26.4. The van der Waals surface area contributed by atoms with Gasteiger partial charge in [-0.3, -0.25) is 9.69 Å². The number of likely N-dealkylation sites (N-methyl/N-ethyl adjacent to an activating group) is 1. The van der Waals surface area contributed by atoms with Gasteiger partial charge in [-0.05, 0) is 13.1 Å². The average molecular weight is 517 g/mol. The van der Waals surface area contributed by atoms with Crippen molar-refractivity contribution in [2.24, 2.45) is 0 Å². The molecule has 1 fully saturated rings. The third-order valence-electron chi connectivity index (χ3n) is 6.17. The number of aromatic nitrogens is 3. The summed E-state index contributed by atoms with van der Waals surface area (Å²) in [4.78, 5) is 25.3. The Balaban J connectivity index is 1.37. The molecule has 1 aliphatic heterocycles. The Hall–Kier alpha value is -3.77. The molecule has 0 aliphatic carbocycles. The van der Waals surface area contributed by atoms with Crippen molar-refractivity contribution in [1.29, 1.82) is 0 Å². The lowest BCUT2D eigenvalue weighted by Crippen LogP contribution is -2.45. The summed E-state index contributed by atoms with van der Waals surface area (Å²) in [6.45, 7) is 4.95. The van der Waals surface area contributed by atoms with Crippen molar-refractivity contribution in [2.45, 2.75) is 13.2 Å². The molecule has 1 N–H and O–H groups in total. The Kier molecular flexibility index (Phi) is 8.51. The topological polar surface area (TPSA) is 94.0 Å². The number of anilines is 2. The van der Waals surface area contributed by atoms with Gasteiger partial charge in [-0.15, -0.1) is 0 Å². The number of piperazine rings is 1. The Morgan fingerprint density at radius 1 is 0.973 bits per heavy atom. The maximum Gasteiger partial charge on any atom is 0.250 e. The SMILES string of the molecule is COc1cc(OC)c(F)c(COc2cnc(Nc3ccc(=O)n(CCN4CCN(C)CC4)c3)nc2)c1F. The van der Waals surface area contributed by atoms with Gasteiger partial charge in [0.05, 0.1) is 37.9 Å². The first-order valence-electron chi connectivity index (χ1n) is 11.8. The third-order valence-corrected chi connectivity index (χ3v) is 6.17. The Labute approximate surface area is 213 Å². The highest BCUT2D eigenvalue weighted by atomic mass is 19.1. The van der Waals surface area contributed by atoms with E-state index >= 15 is 0 Å². The van der Waals surface area contributed by atoms with Gasteiger partial charge >= 0.3 is 0 Å². The lowest BCUT2D eigenvalue weighted by Gasteiger charge is -2.32. The summed E-state index contributed by atoms with van der Waals surface area (Å²) in [6, 6.07) is 4.28. The van der Waals surface area contributed by atoms with E-state index in [9.17, 15) is 13.6 Å². The summed E-state index contributed by atoms with van der Waals surface area (Å²) in [6.07, 6.45) is 4.49. The minimum absolute atomic E-state index is 0.0852. The van der Waals surface area contributed by atoms with Crippen LogP contribution in [-0.2, 0) is 13.2 Å². The molecule has 12 heteroatoms. The van der Waals surface area contributed by atoms with E-state index in [4.69, 9.17) is 14.2 Å². The van der Waals surface area contributed by atoms with Crippen LogP contribution in [0, 0.1) is 11.6 Å². The molecule has 0 spiro atoms. The van der Waals surface area contributed by atoms with Crippen LogP contribution in [0.15, 0.2) is 41.6 Å². The summed E-state index contributed by atoms with van der Waals surface area (Å²) in [5, 5.41) is 3.05. The van der Waals surface area contributed by atoms with E-state index in [1.54, 1.807) is 16.8 Å². The monoisotopic (exact) mass is 516 g/mol. The van der Waals surface area contributed by atoms with E-state index in [0.717, 1.165) is 38.8 Å². The largest absolute Gasteiger partial charge is 0.494 e. The Bertz CT molecular complexity index is 1240. The number of hydrogen-bond acceptors (Lipinski definition) is 9. The summed E-state index contributed by atoms with van der Waals surface area (Å²) >= 11 is 0. The van der Waals surface area contributed by atoms with E-state index in [-0.39, 0.29) is 34.3 Å². The van der Waals surface area contributed by atoms with E-state index < -0.39 is 18.2 Å². The molecule has 0 bridgehead atoms. The van der Waals surface area contributed by atoms with Crippen LogP contribution >= 0.6 is 0 Å². The highest BCUT2D eigenvalue weighted by Gasteiger charge is 2.20. The lowest BCUT2D eigenvalue weighted by atomic mass is 10.1. The predicted octanol–water partition coefficient (Wildman–Crippen LogP) is 2.50. The number of ether oxygens (including phenoxy) is 3. The van der Waals surface area contributed by atoms with Crippen molar-refractivity contribution in [2.75, 3.05) is 59.3 Å². The highest BCUT2D eigenvalue weighted by Crippen LogP contribution is 2.32. The molecule has 3 heterocycles. The predicted molar refractivity (Wildman–Crippen MR) is 134 cm³/mol. The smallest absolute Gasteiger partial charge is 0.250 e. The van der Waals surface area contributed by atoms with E-state index in [1.165, 1.54) is 32.7 Å². The van der Waals surface area contributed by atoms with Crippen LogP contribution in [0.1, 0.15) is 5.56 Å². The highest BCUT2D eigenvalue weighted by molar-refractivity contribution is 5.51. The number of methoxy groups -OCH3 is 2. The third kappa shape index (κ3) is 6.52. The zero-order valence-electron chi connectivity index (χ0n) is 21.0. The molecular formula is C25H30F2N6O4. The zero-order valence-corrected chi connectivity index (χ0v) is 21.0. The van der Waals surface area contributed by atoms with Crippen LogP contribution in [0.4, 0.5) is 20.4 Å². The number of nitrogens with zero attached hydrogens (tertiary/aromatic N) is 5. The number of pyridine rings is 1. The molecule has 0 radical (unpaired) electrons. The maximum atomic E-state index is 14.5. The fourth-order valence-electron chi connectivity index (χ4n) is 3.90. The van der Waals surface area contributed by atoms with Crippen molar-refractivity contribution in [3.05, 3.63) is 64.3 Å². The molecule has 1 aromatic carbocycles. The molecule has 10 nitrogen and oxygen atoms in total. The van der Waals surface area contributed by atoms with Gasteiger partial charge in [0, 0.05) is 57.6 Å². The fourth-order valence-corrected chi connectivity index (χ4v) is 3.90. The van der Waals surface area contributed by atoms with Crippen molar-refractivity contribution >= 4 is 11.6 Å². The molecule has 0 saturated carbocycles. The summed E-state index contributed by atoms with van der Waals surface area (Å²) in [7, 11) is 4.66. The summed E-state index contributed by atoms with van der Waals surface area (Å²) in [5.41, 5.74) is 0.231. The van der Waals surface area contributed by atoms with Crippen LogP contribution in [0.3, 0.4) is 0 Å². The summed E-state index contributed by atoms with van der Waals surface area (Å²) < 4.78 is 46.1. The Morgan fingerprint density at radius 3 is 2.24 bits per heavy atom. The molecule has 4 rings (SSSR count). The Morgan fingerprint density at radius 2 is 1.62 bits per heavy atom. The quantitative estimate of drug-likeness (QED) is 0.436. The van der Waals surface area contributed by atoms with Crippen molar-refractivity contribution in [1.82, 2.24) is 24.3 Å². The van der Waals surface area contributed by atoms with Crippen LogP contribution in [-0.4, -0.2) is 78.3 Å². The number of hydrogen-bond donors (Lipinski definition) is 1. The number of benzene rings is 1. The maximum absolute atomic E-state index is 14.5. The molecule has 0 amide bonds. The first kappa shape index (κ1) is 26.3. The van der Waals surface area contributed by atoms with Crippen LogP contribution < -0.4 is 25.1 Å². The van der Waals surface area contributed by atoms with E-state index in [2.05, 4.69) is 32.1 Å². The van der Waals surface area contributed by atoms with Crippen molar-refractivity contribution in [3.63, 3.8) is 0 Å². The molecule has 37 heavy (non-hydrogen) atoms. The molecule has 2 aromatic heterocycles. The molecule has 0 atom stereocenters. The van der Waals surface area contributed by atoms with Gasteiger partial charge in [-0.25, -0.2) is 18.7 Å².